The predicted octanol–water partition coefficient (Wildman–Crippen LogP) is 13.1. The van der Waals surface area contributed by atoms with Crippen molar-refractivity contribution < 1.29 is 24.5 Å². The number of ether oxygens (including phenoxy) is 1. The lowest BCUT2D eigenvalue weighted by atomic mass is 10.0. The van der Waals surface area contributed by atoms with E-state index in [1.54, 1.807) is 0 Å². The summed E-state index contributed by atoms with van der Waals surface area (Å²) >= 11 is 0. The van der Waals surface area contributed by atoms with Gasteiger partial charge < -0.3 is 20.3 Å². The molecule has 3 N–H and O–H groups in total. The molecular formula is C48H87NO5. The Hall–Kier alpha value is -2.18. The Balaban J connectivity index is 4.68. The number of rotatable bonds is 40. The summed E-state index contributed by atoms with van der Waals surface area (Å²) in [6.07, 6.45) is 49.1. The Morgan fingerprint density at radius 1 is 0.574 bits per heavy atom. The summed E-state index contributed by atoms with van der Waals surface area (Å²) in [5, 5.41) is 23.5. The van der Waals surface area contributed by atoms with Crippen molar-refractivity contribution >= 4 is 11.9 Å². The number of esters is 1. The van der Waals surface area contributed by atoms with Crippen LogP contribution in [0.2, 0.25) is 0 Å². The van der Waals surface area contributed by atoms with Crippen molar-refractivity contribution in [3.63, 3.8) is 0 Å². The Bertz CT molecular complexity index is 941. The first-order valence-corrected chi connectivity index (χ1v) is 22.9. The van der Waals surface area contributed by atoms with E-state index >= 15 is 0 Å². The Kier molecular flexibility index (Phi) is 40.3. The van der Waals surface area contributed by atoms with E-state index < -0.39 is 18.2 Å². The van der Waals surface area contributed by atoms with Gasteiger partial charge in [0.25, 0.3) is 0 Å². The van der Waals surface area contributed by atoms with Gasteiger partial charge in [-0.2, -0.15) is 0 Å². The zero-order valence-electron chi connectivity index (χ0n) is 35.6. The van der Waals surface area contributed by atoms with Gasteiger partial charge in [0.15, 0.2) is 0 Å². The van der Waals surface area contributed by atoms with Crippen LogP contribution in [-0.2, 0) is 14.3 Å². The minimum Gasteiger partial charge on any atom is -0.458 e. The number of hydrogen-bond acceptors (Lipinski definition) is 5. The van der Waals surface area contributed by atoms with Gasteiger partial charge >= 0.3 is 5.97 Å². The first kappa shape index (κ1) is 51.8. The molecule has 3 atom stereocenters. The Morgan fingerprint density at radius 3 is 1.59 bits per heavy atom. The van der Waals surface area contributed by atoms with E-state index in [2.05, 4.69) is 62.5 Å². The molecule has 0 rings (SSSR count). The number of aliphatic hydroxyl groups excluding tert-OH is 2. The van der Waals surface area contributed by atoms with E-state index in [-0.39, 0.29) is 24.9 Å². The number of aliphatic hydroxyl groups is 2. The van der Waals surface area contributed by atoms with Crippen molar-refractivity contribution in [1.82, 2.24) is 5.32 Å². The van der Waals surface area contributed by atoms with Crippen molar-refractivity contribution in [3.05, 3.63) is 48.6 Å². The molecule has 0 aromatic rings. The molecule has 1 amide bonds. The summed E-state index contributed by atoms with van der Waals surface area (Å²) in [4.78, 5) is 25.9. The van der Waals surface area contributed by atoms with Crippen LogP contribution in [0.1, 0.15) is 220 Å². The number of nitrogens with one attached hydrogen (secondary N) is 1. The van der Waals surface area contributed by atoms with Crippen LogP contribution in [0.4, 0.5) is 0 Å². The highest BCUT2D eigenvalue weighted by atomic mass is 16.5. The molecule has 0 radical (unpaired) electrons. The third-order valence-corrected chi connectivity index (χ3v) is 10.2. The highest BCUT2D eigenvalue weighted by Gasteiger charge is 2.23. The fourth-order valence-corrected chi connectivity index (χ4v) is 6.62. The molecule has 0 spiro atoms. The minimum absolute atomic E-state index is 0.0337. The fourth-order valence-electron chi connectivity index (χ4n) is 6.62. The van der Waals surface area contributed by atoms with Crippen LogP contribution < -0.4 is 5.32 Å². The minimum atomic E-state index is -0.810. The van der Waals surface area contributed by atoms with Crippen LogP contribution in [0.5, 0.6) is 0 Å². The molecule has 0 aromatic carbocycles. The van der Waals surface area contributed by atoms with Gasteiger partial charge in [0.2, 0.25) is 5.91 Å². The molecular weight excluding hydrogens is 671 g/mol. The molecule has 314 valence electrons. The van der Waals surface area contributed by atoms with Crippen LogP contribution in [0, 0.1) is 0 Å². The van der Waals surface area contributed by atoms with Gasteiger partial charge in [-0.25, -0.2) is 0 Å². The molecule has 0 heterocycles. The monoisotopic (exact) mass is 758 g/mol. The number of hydrogen-bond donors (Lipinski definition) is 3. The van der Waals surface area contributed by atoms with E-state index in [9.17, 15) is 19.8 Å². The normalized spacial score (nSPS) is 13.8. The molecule has 0 aliphatic rings. The summed E-state index contributed by atoms with van der Waals surface area (Å²) in [5.74, 6) is -0.618. The van der Waals surface area contributed by atoms with Crippen molar-refractivity contribution in [2.45, 2.75) is 238 Å². The quantitative estimate of drug-likeness (QED) is 0.0250. The highest BCUT2D eigenvalue weighted by molar-refractivity contribution is 5.78. The highest BCUT2D eigenvalue weighted by Crippen LogP contribution is 2.15. The number of allylic oxidation sites excluding steroid dienone is 7. The molecule has 0 saturated heterocycles. The maximum absolute atomic E-state index is 13.1. The van der Waals surface area contributed by atoms with E-state index in [0.29, 0.717) is 19.3 Å². The molecule has 6 heteroatoms. The lowest BCUT2D eigenvalue weighted by Gasteiger charge is -2.23. The molecule has 0 fully saturated rings. The maximum Gasteiger partial charge on any atom is 0.306 e. The maximum atomic E-state index is 13.1. The molecule has 0 saturated carbocycles. The molecule has 54 heavy (non-hydrogen) atoms. The van der Waals surface area contributed by atoms with Crippen LogP contribution in [0.25, 0.3) is 0 Å². The molecule has 0 aliphatic carbocycles. The van der Waals surface area contributed by atoms with Crippen LogP contribution >= 0.6 is 0 Å². The predicted molar refractivity (Wildman–Crippen MR) is 232 cm³/mol. The summed E-state index contributed by atoms with van der Waals surface area (Å²) < 4.78 is 5.79. The van der Waals surface area contributed by atoms with E-state index in [4.69, 9.17) is 4.74 Å². The van der Waals surface area contributed by atoms with Crippen molar-refractivity contribution in [1.29, 1.82) is 0 Å². The Morgan fingerprint density at radius 2 is 1.04 bits per heavy atom. The molecule has 6 nitrogen and oxygen atoms in total. The summed E-state index contributed by atoms with van der Waals surface area (Å²) in [6.45, 7) is 6.37. The first-order valence-electron chi connectivity index (χ1n) is 22.9. The van der Waals surface area contributed by atoms with Gasteiger partial charge in [0, 0.05) is 6.42 Å². The second kappa shape index (κ2) is 42.0. The van der Waals surface area contributed by atoms with E-state index in [1.165, 1.54) is 122 Å². The van der Waals surface area contributed by atoms with Crippen molar-refractivity contribution in [3.8, 4) is 0 Å². The largest absolute Gasteiger partial charge is 0.458 e. The number of carbonyl (C=O) groups is 2. The lowest BCUT2D eigenvalue weighted by molar-refractivity contribution is -0.148. The summed E-state index contributed by atoms with van der Waals surface area (Å²) in [6, 6.07) is -0.732. The van der Waals surface area contributed by atoms with Crippen molar-refractivity contribution in [2.75, 3.05) is 6.61 Å². The number of carbonyl (C=O) groups excluding carboxylic acids is 2. The number of amides is 1. The van der Waals surface area contributed by atoms with Gasteiger partial charge in [0.05, 0.1) is 25.2 Å². The van der Waals surface area contributed by atoms with Gasteiger partial charge in [-0.1, -0.05) is 192 Å². The number of unbranched alkanes of at least 4 members (excludes halogenated alkanes) is 23. The molecule has 0 aliphatic heterocycles. The summed E-state index contributed by atoms with van der Waals surface area (Å²) in [5.41, 5.74) is 0. The van der Waals surface area contributed by atoms with Crippen LogP contribution in [-0.4, -0.2) is 46.9 Å². The molecule has 0 bridgehead atoms. The molecule has 3 unspecified atom stereocenters. The smallest absolute Gasteiger partial charge is 0.306 e. The standard InChI is InChI=1S/C48H87NO5/c1-4-7-10-13-16-19-21-22-23-24-26-29-32-35-38-41-48(53)54-44(39-36-33-30-28-25-20-17-14-11-8-5-2)42-47(52)49-45(43-50)46(51)40-37-34-31-27-18-15-12-9-6-3/h16,19,21-22,28,30,36,39,44-46,50-51H,4-15,17-18,20,23-27,29,31-35,37-38,40-43H2,1-3H3,(H,49,52)/b19-16+,22-21+,30-28-,39-36+. The van der Waals surface area contributed by atoms with E-state index in [1.807, 2.05) is 12.2 Å². The third-order valence-electron chi connectivity index (χ3n) is 10.2. The van der Waals surface area contributed by atoms with Gasteiger partial charge in [-0.15, -0.1) is 0 Å². The zero-order valence-corrected chi connectivity index (χ0v) is 35.6. The topological polar surface area (TPSA) is 95.9 Å². The van der Waals surface area contributed by atoms with Gasteiger partial charge in [-0.3, -0.25) is 9.59 Å². The zero-order chi connectivity index (χ0) is 39.6. The lowest BCUT2D eigenvalue weighted by Crippen LogP contribution is -2.46. The third kappa shape index (κ3) is 36.8. The van der Waals surface area contributed by atoms with Crippen LogP contribution in [0.3, 0.4) is 0 Å². The van der Waals surface area contributed by atoms with Crippen LogP contribution in [0.15, 0.2) is 48.6 Å². The second-order valence-electron chi connectivity index (χ2n) is 15.5. The second-order valence-corrected chi connectivity index (χ2v) is 15.5. The first-order chi connectivity index (χ1) is 26.5. The summed E-state index contributed by atoms with van der Waals surface area (Å²) in [7, 11) is 0. The van der Waals surface area contributed by atoms with Gasteiger partial charge in [-0.05, 0) is 63.9 Å². The average molecular weight is 758 g/mol. The molecule has 0 aromatic heterocycles. The SMILES string of the molecule is CCCCC/C=C/C=C/CCCCCCCCC(=O)OC(/C=C/C/C=C\CCCCCCCC)CC(=O)NC(CO)C(O)CCCCCCCCCCC. The fraction of sp³-hybridized carbons (Fsp3) is 0.792. The Labute approximate surface area is 334 Å². The van der Waals surface area contributed by atoms with Gasteiger partial charge in [0.1, 0.15) is 6.10 Å². The average Bonchev–Trinajstić information content (AvgIpc) is 3.16. The van der Waals surface area contributed by atoms with Crippen molar-refractivity contribution in [2.24, 2.45) is 0 Å². The van der Waals surface area contributed by atoms with E-state index in [0.717, 1.165) is 51.4 Å².